The van der Waals surface area contributed by atoms with Crippen LogP contribution < -0.4 is 0 Å². The predicted molar refractivity (Wildman–Crippen MR) is 99.1 cm³/mol. The molecule has 0 bridgehead atoms. The van der Waals surface area contributed by atoms with Crippen LogP contribution in [-0.2, 0) is 6.54 Å². The fraction of sp³-hybridized carbons (Fsp3) is 0.333. The topological polar surface area (TPSA) is 73.8 Å². The highest BCUT2D eigenvalue weighted by molar-refractivity contribution is 7.15. The van der Waals surface area contributed by atoms with Crippen LogP contribution in [0, 0.1) is 24.0 Å². The van der Waals surface area contributed by atoms with Crippen LogP contribution in [0.15, 0.2) is 30.5 Å². The summed E-state index contributed by atoms with van der Waals surface area (Å²) in [6.45, 7) is 8.22. The molecule has 0 aliphatic carbocycles. The molecule has 6 nitrogen and oxygen atoms in total. The third-order valence-corrected chi connectivity index (χ3v) is 5.24. The molecule has 130 valence electrons. The van der Waals surface area contributed by atoms with Gasteiger partial charge in [0.1, 0.15) is 16.4 Å². The van der Waals surface area contributed by atoms with E-state index in [2.05, 4.69) is 48.2 Å². The van der Waals surface area contributed by atoms with Crippen molar-refractivity contribution in [2.45, 2.75) is 40.2 Å². The Balaban J connectivity index is 1.83. The maximum absolute atomic E-state index is 11.1. The fourth-order valence-electron chi connectivity index (χ4n) is 2.78. The van der Waals surface area contributed by atoms with Crippen molar-refractivity contribution in [3.05, 3.63) is 62.4 Å². The molecule has 1 aromatic carbocycles. The molecule has 0 saturated heterocycles. The fourth-order valence-corrected chi connectivity index (χ4v) is 3.68. The Morgan fingerprint density at radius 3 is 2.48 bits per heavy atom. The molecule has 0 unspecified atom stereocenters. The number of rotatable bonds is 5. The monoisotopic (exact) mass is 356 g/mol. The number of hydrogen-bond acceptors (Lipinski definition) is 5. The lowest BCUT2D eigenvalue weighted by Crippen LogP contribution is -2.03. The lowest BCUT2D eigenvalue weighted by atomic mass is 10.0. The SMILES string of the molecule is Cc1nn(Cc2cnc(-c3ccc(C(C)C)cc3)s2)c(C)c1[N+](=O)[O-]. The summed E-state index contributed by atoms with van der Waals surface area (Å²) in [4.78, 5) is 16.3. The van der Waals surface area contributed by atoms with E-state index in [9.17, 15) is 10.1 Å². The predicted octanol–water partition coefficient (Wildman–Crippen LogP) is 4.70. The largest absolute Gasteiger partial charge is 0.312 e. The van der Waals surface area contributed by atoms with Crippen LogP contribution in [0.2, 0.25) is 0 Å². The lowest BCUT2D eigenvalue weighted by molar-refractivity contribution is -0.386. The first-order valence-corrected chi connectivity index (χ1v) is 8.92. The van der Waals surface area contributed by atoms with Crippen molar-refractivity contribution in [2.75, 3.05) is 0 Å². The van der Waals surface area contributed by atoms with E-state index in [1.807, 2.05) is 6.20 Å². The second-order valence-corrected chi connectivity index (χ2v) is 7.46. The Morgan fingerprint density at radius 2 is 1.92 bits per heavy atom. The summed E-state index contributed by atoms with van der Waals surface area (Å²) >= 11 is 1.59. The molecule has 3 aromatic rings. The van der Waals surface area contributed by atoms with Gasteiger partial charge in [-0.15, -0.1) is 11.3 Å². The Labute approximate surface area is 150 Å². The molecule has 0 saturated carbocycles. The highest BCUT2D eigenvalue weighted by atomic mass is 32.1. The number of aryl methyl sites for hydroxylation is 1. The van der Waals surface area contributed by atoms with Crippen LogP contribution in [0.25, 0.3) is 10.6 Å². The van der Waals surface area contributed by atoms with Crippen LogP contribution >= 0.6 is 11.3 Å². The second kappa shape index (κ2) is 6.76. The van der Waals surface area contributed by atoms with Crippen LogP contribution in [0.1, 0.15) is 41.6 Å². The number of thiazole rings is 1. The molecule has 0 radical (unpaired) electrons. The molecule has 0 aliphatic rings. The quantitative estimate of drug-likeness (QED) is 0.490. The second-order valence-electron chi connectivity index (χ2n) is 6.34. The van der Waals surface area contributed by atoms with E-state index in [0.717, 1.165) is 15.4 Å². The number of aromatic nitrogens is 3. The van der Waals surface area contributed by atoms with Gasteiger partial charge in [0.25, 0.3) is 0 Å². The van der Waals surface area contributed by atoms with E-state index in [-0.39, 0.29) is 10.6 Å². The van der Waals surface area contributed by atoms with Gasteiger partial charge in [0, 0.05) is 16.6 Å². The van der Waals surface area contributed by atoms with Gasteiger partial charge in [-0.1, -0.05) is 38.1 Å². The molecule has 0 N–H and O–H groups in total. The molecule has 3 rings (SSSR count). The van der Waals surface area contributed by atoms with Crippen LogP contribution in [0.5, 0.6) is 0 Å². The number of nitrogens with zero attached hydrogens (tertiary/aromatic N) is 4. The Morgan fingerprint density at radius 1 is 1.24 bits per heavy atom. The molecule has 0 atom stereocenters. The highest BCUT2D eigenvalue weighted by Crippen LogP contribution is 2.28. The molecular formula is C18H20N4O2S. The number of benzene rings is 1. The van der Waals surface area contributed by atoms with Gasteiger partial charge in [-0.2, -0.15) is 5.10 Å². The molecule has 25 heavy (non-hydrogen) atoms. The normalized spacial score (nSPS) is 11.2. The average molecular weight is 356 g/mol. The summed E-state index contributed by atoms with van der Waals surface area (Å²) in [7, 11) is 0. The van der Waals surface area contributed by atoms with E-state index < -0.39 is 0 Å². The maximum atomic E-state index is 11.1. The van der Waals surface area contributed by atoms with E-state index in [1.165, 1.54) is 5.56 Å². The Bertz CT molecular complexity index is 910. The molecule has 0 fully saturated rings. The summed E-state index contributed by atoms with van der Waals surface area (Å²) in [6, 6.07) is 8.44. The standard InChI is InChI=1S/C18H20N4O2S/c1-11(2)14-5-7-15(8-6-14)18-19-9-16(25-18)10-21-13(4)17(22(23)24)12(3)20-21/h5-9,11H,10H2,1-4H3. The van der Waals surface area contributed by atoms with Gasteiger partial charge in [-0.3, -0.25) is 14.8 Å². The van der Waals surface area contributed by atoms with Gasteiger partial charge >= 0.3 is 5.69 Å². The lowest BCUT2D eigenvalue weighted by Gasteiger charge is -2.05. The summed E-state index contributed by atoms with van der Waals surface area (Å²) < 4.78 is 1.67. The third kappa shape index (κ3) is 3.46. The van der Waals surface area contributed by atoms with Crippen LogP contribution in [0.3, 0.4) is 0 Å². The van der Waals surface area contributed by atoms with Crippen molar-refractivity contribution < 1.29 is 4.92 Å². The van der Waals surface area contributed by atoms with E-state index in [0.29, 0.717) is 23.9 Å². The first-order chi connectivity index (χ1) is 11.9. The first-order valence-electron chi connectivity index (χ1n) is 8.10. The van der Waals surface area contributed by atoms with Gasteiger partial charge < -0.3 is 0 Å². The van der Waals surface area contributed by atoms with Crippen molar-refractivity contribution in [3.63, 3.8) is 0 Å². The minimum atomic E-state index is -0.372. The van der Waals surface area contributed by atoms with Gasteiger partial charge in [0.2, 0.25) is 0 Å². The minimum absolute atomic E-state index is 0.0917. The van der Waals surface area contributed by atoms with Gasteiger partial charge in [0.15, 0.2) is 0 Å². The zero-order chi connectivity index (χ0) is 18.1. The summed E-state index contributed by atoms with van der Waals surface area (Å²) in [5.41, 5.74) is 3.49. The smallest absolute Gasteiger partial charge is 0.258 e. The van der Waals surface area contributed by atoms with Crippen LogP contribution in [-0.4, -0.2) is 19.7 Å². The zero-order valence-corrected chi connectivity index (χ0v) is 15.5. The van der Waals surface area contributed by atoms with E-state index in [4.69, 9.17) is 0 Å². The Kier molecular flexibility index (Phi) is 4.67. The number of hydrogen-bond donors (Lipinski definition) is 0. The minimum Gasteiger partial charge on any atom is -0.258 e. The van der Waals surface area contributed by atoms with Gasteiger partial charge in [-0.25, -0.2) is 4.98 Å². The van der Waals surface area contributed by atoms with Crippen molar-refractivity contribution in [3.8, 4) is 10.6 Å². The van der Waals surface area contributed by atoms with E-state index >= 15 is 0 Å². The van der Waals surface area contributed by atoms with Gasteiger partial charge in [-0.05, 0) is 25.3 Å². The van der Waals surface area contributed by atoms with E-state index in [1.54, 1.807) is 29.9 Å². The molecule has 2 heterocycles. The molecule has 7 heteroatoms. The van der Waals surface area contributed by atoms with Gasteiger partial charge in [0.05, 0.1) is 11.5 Å². The molecule has 0 amide bonds. The summed E-state index contributed by atoms with van der Waals surface area (Å²) in [6.07, 6.45) is 1.82. The zero-order valence-electron chi connectivity index (χ0n) is 14.7. The van der Waals surface area contributed by atoms with Crippen molar-refractivity contribution in [1.29, 1.82) is 0 Å². The molecule has 2 aromatic heterocycles. The van der Waals surface area contributed by atoms with Crippen LogP contribution in [0.4, 0.5) is 5.69 Å². The molecular weight excluding hydrogens is 336 g/mol. The maximum Gasteiger partial charge on any atom is 0.312 e. The highest BCUT2D eigenvalue weighted by Gasteiger charge is 2.22. The number of nitro groups is 1. The third-order valence-electron chi connectivity index (χ3n) is 4.21. The summed E-state index contributed by atoms with van der Waals surface area (Å²) in [5.74, 6) is 0.503. The van der Waals surface area contributed by atoms with Crippen molar-refractivity contribution >= 4 is 17.0 Å². The first kappa shape index (κ1) is 17.3. The van der Waals surface area contributed by atoms with Crippen molar-refractivity contribution in [2.24, 2.45) is 0 Å². The molecule has 0 aliphatic heterocycles. The Hall–Kier alpha value is -2.54. The molecule has 0 spiro atoms. The average Bonchev–Trinajstić information content (AvgIpc) is 3.12. The summed E-state index contributed by atoms with van der Waals surface area (Å²) in [5, 5.41) is 16.4. The van der Waals surface area contributed by atoms with Crippen molar-refractivity contribution in [1.82, 2.24) is 14.8 Å².